The van der Waals surface area contributed by atoms with Crippen molar-refractivity contribution in [3.8, 4) is 0 Å². The third-order valence-electron chi connectivity index (χ3n) is 19.6. The van der Waals surface area contributed by atoms with Crippen molar-refractivity contribution in [2.24, 2.45) is 46.3 Å². The fourth-order valence-electron chi connectivity index (χ4n) is 16.8. The Hall–Kier alpha value is 0.0400. The van der Waals surface area contributed by atoms with E-state index in [2.05, 4.69) is 33.8 Å². The summed E-state index contributed by atoms with van der Waals surface area (Å²) in [4.78, 5) is 13.6. The molecule has 7 aliphatic carbocycles. The van der Waals surface area contributed by atoms with Crippen LogP contribution in [0.1, 0.15) is 201 Å². The lowest BCUT2D eigenvalue weighted by molar-refractivity contribution is -0.272. The molecule has 11 atom stereocenters. The molecule has 0 aromatic carbocycles. The van der Waals surface area contributed by atoms with Crippen molar-refractivity contribution in [1.82, 2.24) is 0 Å². The van der Waals surface area contributed by atoms with Crippen LogP contribution in [0.4, 0.5) is 0 Å². The van der Waals surface area contributed by atoms with Gasteiger partial charge in [0.25, 0.3) is 0 Å². The van der Waals surface area contributed by atoms with Crippen molar-refractivity contribution in [3.05, 3.63) is 11.6 Å². The summed E-state index contributed by atoms with van der Waals surface area (Å²) in [6, 6.07) is 0. The maximum Gasteiger partial charge on any atom is 0.306 e. The van der Waals surface area contributed by atoms with Crippen molar-refractivity contribution in [3.63, 3.8) is 0 Å². The van der Waals surface area contributed by atoms with Gasteiger partial charge in [0.2, 0.25) is 0 Å². The number of unbranched alkanes of at least 4 members (excludes halogenated alkanes) is 1. The topological polar surface area (TPSA) is 44.8 Å². The minimum atomic E-state index is -1.06. The number of hydrogen-bond donors (Lipinski definition) is 0. The van der Waals surface area contributed by atoms with Crippen LogP contribution in [-0.2, 0) is 19.0 Å². The van der Waals surface area contributed by atoms with Crippen LogP contribution >= 0.6 is 7.26 Å². The first-order chi connectivity index (χ1) is 26.7. The second kappa shape index (κ2) is 17.4. The molecule has 0 aromatic rings. The molecular formula is C50H82BrO4P. The van der Waals surface area contributed by atoms with Crippen LogP contribution in [0.15, 0.2) is 11.6 Å². The molecule has 2 aliphatic heterocycles. The van der Waals surface area contributed by atoms with E-state index in [1.165, 1.54) is 147 Å². The Balaban J connectivity index is 0.00000441. The van der Waals surface area contributed by atoms with Gasteiger partial charge >= 0.3 is 5.97 Å². The molecule has 2 heterocycles. The van der Waals surface area contributed by atoms with Crippen LogP contribution in [0.3, 0.4) is 0 Å². The van der Waals surface area contributed by atoms with Crippen molar-refractivity contribution in [2.45, 2.75) is 236 Å². The Morgan fingerprint density at radius 3 is 2.04 bits per heavy atom. The van der Waals surface area contributed by atoms with Crippen molar-refractivity contribution >= 4 is 13.2 Å². The number of hydrogen-bond acceptors (Lipinski definition) is 4. The molecule has 0 amide bonds. The molecule has 2 saturated heterocycles. The number of allylic oxidation sites excluding steroid dienone is 1. The lowest BCUT2D eigenvalue weighted by Gasteiger charge is -2.58. The van der Waals surface area contributed by atoms with E-state index in [1.54, 1.807) is 5.57 Å². The fourth-order valence-corrected chi connectivity index (χ4v) is 24.4. The standard InChI is InChI=1S/C50H82O4P.BrH/c1-35-25-30-50(52-34-35)36(2)47-45(54-50)33-44-42-24-23-37-32-38(26-28-48(37,3)43(42)27-29-49(44,47)4)53-46(51)22-14-15-31-55(39-16-8-5-9-17-39,40-18-10-6-11-19-40)41-20-12-7-13-21-41;/h23,35-36,38-45,47H,5-22,24-34H2,1-4H3;1H/q+1;/p-1/t35-,36+,38+,42?,43?,44?,45+,47+,48+,49+,50-;/m1./s1. The van der Waals surface area contributed by atoms with Gasteiger partial charge in [-0.05, 0) is 175 Å². The van der Waals surface area contributed by atoms with E-state index < -0.39 is 7.26 Å². The van der Waals surface area contributed by atoms with Crippen LogP contribution in [-0.4, -0.2) is 53.7 Å². The van der Waals surface area contributed by atoms with Gasteiger partial charge in [-0.2, -0.15) is 0 Å². The van der Waals surface area contributed by atoms with E-state index in [0.717, 1.165) is 67.0 Å². The molecule has 6 heteroatoms. The highest BCUT2D eigenvalue weighted by atomic mass is 79.9. The zero-order valence-corrected chi connectivity index (χ0v) is 38.9. The molecule has 0 N–H and O–H groups in total. The van der Waals surface area contributed by atoms with E-state index in [9.17, 15) is 4.79 Å². The Morgan fingerprint density at radius 2 is 1.43 bits per heavy atom. The molecule has 3 unspecified atom stereocenters. The minimum absolute atomic E-state index is 0. The molecule has 56 heavy (non-hydrogen) atoms. The van der Waals surface area contributed by atoms with Gasteiger partial charge < -0.3 is 31.2 Å². The molecule has 6 saturated carbocycles. The SMILES string of the molecule is C[C@@H]1CC[C@@]2(OC1)O[C@H]1CC3C4CC=C5C[C@@H](OC(=O)CCCC[P+](C6CCCCC6)(C6CCCCC6)C6CCCCC6)CC[C@]5(C)C4CC[C@]3(C)[C@H]1[C@@H]2C.[Br-]. The van der Waals surface area contributed by atoms with Crippen LogP contribution in [0.2, 0.25) is 0 Å². The molecule has 4 nitrogen and oxygen atoms in total. The van der Waals surface area contributed by atoms with Gasteiger partial charge in [-0.3, -0.25) is 4.79 Å². The van der Waals surface area contributed by atoms with Crippen molar-refractivity contribution in [2.75, 3.05) is 12.8 Å². The summed E-state index contributed by atoms with van der Waals surface area (Å²) in [5.41, 5.74) is 5.42. The van der Waals surface area contributed by atoms with E-state index in [4.69, 9.17) is 14.2 Å². The molecule has 9 rings (SSSR count). The molecule has 318 valence electrons. The smallest absolute Gasteiger partial charge is 0.306 e. The lowest BCUT2D eigenvalue weighted by atomic mass is 9.47. The number of carbonyl (C=O) groups excluding carboxylic acids is 1. The zero-order chi connectivity index (χ0) is 37.8. The summed E-state index contributed by atoms with van der Waals surface area (Å²) >= 11 is 0. The molecule has 0 radical (unpaired) electrons. The number of ether oxygens (including phenoxy) is 3. The average molecular weight is 858 g/mol. The summed E-state index contributed by atoms with van der Waals surface area (Å²) < 4.78 is 20.0. The third-order valence-corrected chi connectivity index (χ3v) is 26.3. The normalized spacial score (nSPS) is 43.5. The third kappa shape index (κ3) is 7.54. The maximum absolute atomic E-state index is 13.6. The molecule has 9 aliphatic rings. The first-order valence-electron chi connectivity index (χ1n) is 24.7. The average Bonchev–Trinajstić information content (AvgIpc) is 3.66. The fraction of sp³-hybridized carbons (Fsp3) is 0.940. The highest BCUT2D eigenvalue weighted by Crippen LogP contribution is 2.78. The predicted molar refractivity (Wildman–Crippen MR) is 228 cm³/mol. The minimum Gasteiger partial charge on any atom is -1.00 e. The first kappa shape index (κ1) is 42.7. The summed E-state index contributed by atoms with van der Waals surface area (Å²) in [5, 5.41) is 0. The quantitative estimate of drug-likeness (QED) is 0.100. The first-order valence-corrected chi connectivity index (χ1v) is 26.9. The highest BCUT2D eigenvalue weighted by molar-refractivity contribution is 7.77. The summed E-state index contributed by atoms with van der Waals surface area (Å²) in [6.45, 7) is 10.9. The van der Waals surface area contributed by atoms with E-state index in [1.807, 2.05) is 0 Å². The maximum atomic E-state index is 13.6. The number of fused-ring (bicyclic) bond motifs is 7. The summed E-state index contributed by atoms with van der Waals surface area (Å²) in [6.07, 6.45) is 40.8. The lowest BCUT2D eigenvalue weighted by Crippen LogP contribution is -3.00. The summed E-state index contributed by atoms with van der Waals surface area (Å²) in [7, 11) is -1.06. The second-order valence-corrected chi connectivity index (χ2v) is 26.8. The molecule has 0 aromatic heterocycles. The van der Waals surface area contributed by atoms with Crippen LogP contribution in [0, 0.1) is 46.3 Å². The number of carbonyl (C=O) groups is 1. The molecule has 1 spiro atoms. The van der Waals surface area contributed by atoms with E-state index in [-0.39, 0.29) is 40.3 Å². The van der Waals surface area contributed by atoms with Gasteiger partial charge in [0.1, 0.15) is 6.10 Å². The van der Waals surface area contributed by atoms with Crippen LogP contribution in [0.25, 0.3) is 0 Å². The van der Waals surface area contributed by atoms with Gasteiger partial charge in [0, 0.05) is 32.4 Å². The van der Waals surface area contributed by atoms with Crippen LogP contribution < -0.4 is 17.0 Å². The van der Waals surface area contributed by atoms with E-state index >= 15 is 0 Å². The zero-order valence-electron chi connectivity index (χ0n) is 36.4. The monoisotopic (exact) mass is 857 g/mol. The number of halogens is 1. The van der Waals surface area contributed by atoms with Gasteiger partial charge in [-0.1, -0.05) is 58.6 Å². The Bertz CT molecular complexity index is 1330. The van der Waals surface area contributed by atoms with Crippen molar-refractivity contribution < 1.29 is 36.0 Å². The van der Waals surface area contributed by atoms with Gasteiger partial charge in [0.05, 0.1) is 35.8 Å². The van der Waals surface area contributed by atoms with Gasteiger partial charge in [-0.25, -0.2) is 0 Å². The second-order valence-electron chi connectivity index (χ2n) is 22.2. The molecule has 8 fully saturated rings. The van der Waals surface area contributed by atoms with Gasteiger partial charge in [0.15, 0.2) is 5.79 Å². The molecule has 0 bridgehead atoms. The van der Waals surface area contributed by atoms with E-state index in [0.29, 0.717) is 35.7 Å². The van der Waals surface area contributed by atoms with Gasteiger partial charge in [-0.15, -0.1) is 0 Å². The number of esters is 1. The molecular weight excluding hydrogens is 775 g/mol. The van der Waals surface area contributed by atoms with Crippen molar-refractivity contribution in [1.29, 1.82) is 0 Å². The number of rotatable bonds is 9. The Kier molecular flexibility index (Phi) is 13.3. The Labute approximate surface area is 354 Å². The summed E-state index contributed by atoms with van der Waals surface area (Å²) in [5.74, 6) is 3.84. The predicted octanol–water partition coefficient (Wildman–Crippen LogP) is 10.5. The van der Waals surface area contributed by atoms with Crippen LogP contribution in [0.5, 0.6) is 0 Å². The highest BCUT2D eigenvalue weighted by Gasteiger charge is 2.69. The Morgan fingerprint density at radius 1 is 0.786 bits per heavy atom. The largest absolute Gasteiger partial charge is 1.00 e.